The van der Waals surface area contributed by atoms with Crippen LogP contribution < -0.4 is 0 Å². The molecule has 1 heterocycles. The third-order valence-corrected chi connectivity index (χ3v) is 4.23. The molecule has 1 aromatic carbocycles. The Morgan fingerprint density at radius 3 is 2.74 bits per heavy atom. The van der Waals surface area contributed by atoms with Crippen LogP contribution in [-0.2, 0) is 0 Å². The summed E-state index contributed by atoms with van der Waals surface area (Å²) in [7, 11) is 4.12. The number of likely N-dealkylation sites (N-methyl/N-ethyl adjacent to an activating group) is 2. The molecule has 23 heavy (non-hydrogen) atoms. The van der Waals surface area contributed by atoms with Gasteiger partial charge < -0.3 is 10.0 Å². The zero-order chi connectivity index (χ0) is 16.7. The summed E-state index contributed by atoms with van der Waals surface area (Å²) in [4.78, 5) is 6.70. The molecule has 0 amide bonds. The lowest BCUT2D eigenvalue weighted by Gasteiger charge is -2.34. The van der Waals surface area contributed by atoms with Gasteiger partial charge in [0.1, 0.15) is 0 Å². The van der Waals surface area contributed by atoms with Crippen molar-refractivity contribution in [2.24, 2.45) is 0 Å². The van der Waals surface area contributed by atoms with Gasteiger partial charge in [-0.05, 0) is 32.3 Å². The second-order valence-electron chi connectivity index (χ2n) is 6.27. The van der Waals surface area contributed by atoms with Crippen LogP contribution in [-0.4, -0.2) is 85.8 Å². The third kappa shape index (κ3) is 6.90. The van der Waals surface area contributed by atoms with Crippen molar-refractivity contribution in [1.82, 2.24) is 14.7 Å². The van der Waals surface area contributed by atoms with E-state index in [4.69, 9.17) is 11.6 Å². The van der Waals surface area contributed by atoms with E-state index in [1.54, 1.807) is 0 Å². The van der Waals surface area contributed by atoms with Crippen molar-refractivity contribution in [3.05, 3.63) is 34.9 Å². The van der Waals surface area contributed by atoms with Gasteiger partial charge in [0.25, 0.3) is 0 Å². The second kappa shape index (κ2) is 9.27. The highest BCUT2D eigenvalue weighted by Gasteiger charge is 2.17. The standard InChI is InChI=1S/C18H26ClN3O/c1-20-9-11-22(12-10-20)15-18(23)14-21(2)8-4-6-16-5-3-7-17(19)13-16/h3,5,7,13,18,23H,8-12,14-15H2,1-2H3. The van der Waals surface area contributed by atoms with Crippen LogP contribution in [0.25, 0.3) is 0 Å². The molecule has 0 saturated carbocycles. The Hall–Kier alpha value is -1.09. The quantitative estimate of drug-likeness (QED) is 0.820. The van der Waals surface area contributed by atoms with Crippen molar-refractivity contribution in [3.8, 4) is 11.8 Å². The minimum atomic E-state index is -0.337. The number of halogens is 1. The van der Waals surface area contributed by atoms with E-state index < -0.39 is 0 Å². The molecule has 1 saturated heterocycles. The summed E-state index contributed by atoms with van der Waals surface area (Å²) in [6.07, 6.45) is -0.337. The fourth-order valence-electron chi connectivity index (χ4n) is 2.65. The van der Waals surface area contributed by atoms with Crippen molar-refractivity contribution in [2.75, 3.05) is 59.9 Å². The van der Waals surface area contributed by atoms with E-state index in [2.05, 4.69) is 33.6 Å². The molecule has 1 aromatic rings. The molecule has 0 radical (unpaired) electrons. The first-order valence-corrected chi connectivity index (χ1v) is 8.42. The Bertz CT molecular complexity index is 547. The summed E-state index contributed by atoms with van der Waals surface area (Å²) < 4.78 is 0. The van der Waals surface area contributed by atoms with Crippen LogP contribution in [0.2, 0.25) is 5.02 Å². The number of benzene rings is 1. The third-order valence-electron chi connectivity index (χ3n) is 3.99. The van der Waals surface area contributed by atoms with Crippen molar-refractivity contribution in [2.45, 2.75) is 6.10 Å². The van der Waals surface area contributed by atoms with E-state index in [0.29, 0.717) is 18.1 Å². The van der Waals surface area contributed by atoms with E-state index in [0.717, 1.165) is 38.3 Å². The minimum Gasteiger partial charge on any atom is -0.390 e. The maximum atomic E-state index is 10.2. The van der Waals surface area contributed by atoms with Crippen molar-refractivity contribution in [3.63, 3.8) is 0 Å². The molecule has 2 rings (SSSR count). The molecule has 1 unspecified atom stereocenters. The van der Waals surface area contributed by atoms with Crippen molar-refractivity contribution >= 4 is 11.6 Å². The molecule has 1 N–H and O–H groups in total. The predicted octanol–water partition coefficient (Wildman–Crippen LogP) is 1.23. The molecule has 4 nitrogen and oxygen atoms in total. The molecule has 1 aliphatic rings. The van der Waals surface area contributed by atoms with Gasteiger partial charge in [-0.1, -0.05) is 29.5 Å². The average Bonchev–Trinajstić information content (AvgIpc) is 2.49. The van der Waals surface area contributed by atoms with Gasteiger partial charge in [0.05, 0.1) is 12.6 Å². The fourth-order valence-corrected chi connectivity index (χ4v) is 2.84. The SMILES string of the molecule is CN1CCN(CC(O)CN(C)CC#Cc2cccc(Cl)c2)CC1. The number of rotatable bonds is 5. The van der Waals surface area contributed by atoms with Crippen LogP contribution in [0.4, 0.5) is 0 Å². The van der Waals surface area contributed by atoms with E-state index in [1.807, 2.05) is 31.3 Å². The minimum absolute atomic E-state index is 0.337. The van der Waals surface area contributed by atoms with Crippen LogP contribution in [0.15, 0.2) is 24.3 Å². The number of nitrogens with zero attached hydrogens (tertiary/aromatic N) is 3. The maximum Gasteiger partial charge on any atom is 0.0794 e. The summed E-state index contributed by atoms with van der Waals surface area (Å²) in [5, 5.41) is 10.9. The van der Waals surface area contributed by atoms with Gasteiger partial charge in [0.15, 0.2) is 0 Å². The Balaban J connectivity index is 1.71. The van der Waals surface area contributed by atoms with Gasteiger partial charge in [0.2, 0.25) is 0 Å². The molecule has 0 spiro atoms. The van der Waals surface area contributed by atoms with Crippen molar-refractivity contribution < 1.29 is 5.11 Å². The van der Waals surface area contributed by atoms with Crippen molar-refractivity contribution in [1.29, 1.82) is 0 Å². The first-order valence-electron chi connectivity index (χ1n) is 8.05. The predicted molar refractivity (Wildman–Crippen MR) is 95.8 cm³/mol. The number of hydrogen-bond donors (Lipinski definition) is 1. The number of aliphatic hydroxyl groups excluding tert-OH is 1. The Kier molecular flexibility index (Phi) is 7.35. The van der Waals surface area contributed by atoms with Crippen LogP contribution in [0.5, 0.6) is 0 Å². The molecule has 0 bridgehead atoms. The molecule has 5 heteroatoms. The largest absolute Gasteiger partial charge is 0.390 e. The molecule has 1 atom stereocenters. The highest BCUT2D eigenvalue weighted by Crippen LogP contribution is 2.09. The molecule has 126 valence electrons. The monoisotopic (exact) mass is 335 g/mol. The van der Waals surface area contributed by atoms with Gasteiger partial charge in [-0.25, -0.2) is 0 Å². The summed E-state index contributed by atoms with van der Waals surface area (Å²) >= 11 is 5.94. The fraction of sp³-hybridized carbons (Fsp3) is 0.556. The Morgan fingerprint density at radius 1 is 1.30 bits per heavy atom. The Labute approximate surface area is 144 Å². The summed E-state index contributed by atoms with van der Waals surface area (Å²) in [6.45, 7) is 6.22. The zero-order valence-electron chi connectivity index (χ0n) is 14.0. The number of hydrogen-bond acceptors (Lipinski definition) is 4. The van der Waals surface area contributed by atoms with Gasteiger partial charge >= 0.3 is 0 Å². The van der Waals surface area contributed by atoms with Gasteiger partial charge in [0, 0.05) is 49.9 Å². The average molecular weight is 336 g/mol. The first kappa shape index (κ1) is 18.3. The molecule has 1 aliphatic heterocycles. The molecular formula is C18H26ClN3O. The van der Waals surface area contributed by atoms with Gasteiger partial charge in [-0.15, -0.1) is 0 Å². The summed E-state index contributed by atoms with van der Waals surface area (Å²) in [6, 6.07) is 7.54. The van der Waals surface area contributed by atoms with Gasteiger partial charge in [-0.3, -0.25) is 9.80 Å². The van der Waals surface area contributed by atoms with Crippen LogP contribution in [0.3, 0.4) is 0 Å². The molecule has 1 fully saturated rings. The van der Waals surface area contributed by atoms with E-state index in [-0.39, 0.29) is 6.10 Å². The number of β-amino-alcohol motifs (C(OH)–C–C–N with tert-alkyl or cyclic N) is 1. The number of piperazine rings is 1. The van der Waals surface area contributed by atoms with E-state index in [1.165, 1.54) is 0 Å². The molecule has 0 aromatic heterocycles. The lowest BCUT2D eigenvalue weighted by Crippen LogP contribution is -2.48. The summed E-state index contributed by atoms with van der Waals surface area (Å²) in [5.41, 5.74) is 0.920. The second-order valence-corrected chi connectivity index (χ2v) is 6.70. The lowest BCUT2D eigenvalue weighted by atomic mass is 10.2. The normalized spacial score (nSPS) is 17.8. The first-order chi connectivity index (χ1) is 11.0. The smallest absolute Gasteiger partial charge is 0.0794 e. The maximum absolute atomic E-state index is 10.2. The lowest BCUT2D eigenvalue weighted by molar-refractivity contribution is 0.0632. The molecular weight excluding hydrogens is 310 g/mol. The topological polar surface area (TPSA) is 30.0 Å². The van der Waals surface area contributed by atoms with E-state index >= 15 is 0 Å². The Morgan fingerprint density at radius 2 is 2.04 bits per heavy atom. The summed E-state index contributed by atoms with van der Waals surface area (Å²) in [5.74, 6) is 6.23. The van der Waals surface area contributed by atoms with E-state index in [9.17, 15) is 5.11 Å². The van der Waals surface area contributed by atoms with Crippen LogP contribution >= 0.6 is 11.6 Å². The molecule has 0 aliphatic carbocycles. The zero-order valence-corrected chi connectivity index (χ0v) is 14.8. The van der Waals surface area contributed by atoms with Crippen LogP contribution in [0.1, 0.15) is 5.56 Å². The highest BCUT2D eigenvalue weighted by atomic mass is 35.5. The van der Waals surface area contributed by atoms with Gasteiger partial charge in [-0.2, -0.15) is 0 Å². The van der Waals surface area contributed by atoms with Crippen LogP contribution in [0, 0.1) is 11.8 Å². The highest BCUT2D eigenvalue weighted by molar-refractivity contribution is 6.30. The number of aliphatic hydroxyl groups is 1.